The van der Waals surface area contributed by atoms with Crippen LogP contribution in [0.15, 0.2) is 0 Å². The molecule has 0 aliphatic rings. The van der Waals surface area contributed by atoms with Crippen LogP contribution in [0.1, 0.15) is 84.0 Å². The predicted octanol–water partition coefficient (Wildman–Crippen LogP) is 3.86. The van der Waals surface area contributed by atoms with Gasteiger partial charge in [-0.25, -0.2) is 0 Å². The lowest BCUT2D eigenvalue weighted by Crippen LogP contribution is -1.93. The molecular formula is C14H30MgO2. The summed E-state index contributed by atoms with van der Waals surface area (Å²) in [4.78, 5) is 10.3. The van der Waals surface area contributed by atoms with E-state index in [9.17, 15) is 4.79 Å². The van der Waals surface area contributed by atoms with Gasteiger partial charge < -0.3 is 5.11 Å². The van der Waals surface area contributed by atoms with Crippen LogP contribution < -0.4 is 0 Å². The van der Waals surface area contributed by atoms with Crippen molar-refractivity contribution in [2.75, 3.05) is 0 Å². The molecule has 0 aromatic heterocycles. The quantitative estimate of drug-likeness (QED) is 0.424. The summed E-state index contributed by atoms with van der Waals surface area (Å²) in [6, 6.07) is 0. The van der Waals surface area contributed by atoms with E-state index in [1.807, 2.05) is 0 Å². The van der Waals surface area contributed by atoms with E-state index in [2.05, 4.69) is 6.92 Å². The molecule has 0 saturated carbocycles. The minimum absolute atomic E-state index is 0. The summed E-state index contributed by atoms with van der Waals surface area (Å²) in [7, 11) is 0. The maximum absolute atomic E-state index is 10.3. The Labute approximate surface area is 123 Å². The van der Waals surface area contributed by atoms with Crippen LogP contribution >= 0.6 is 0 Å². The van der Waals surface area contributed by atoms with Crippen molar-refractivity contribution in [3.8, 4) is 0 Å². The molecule has 0 aromatic carbocycles. The zero-order valence-corrected chi connectivity index (χ0v) is 10.8. The fourth-order valence-electron chi connectivity index (χ4n) is 1.94. The Balaban J connectivity index is 0. The zero-order chi connectivity index (χ0) is 12.1. The van der Waals surface area contributed by atoms with Gasteiger partial charge in [0.1, 0.15) is 0 Å². The van der Waals surface area contributed by atoms with Gasteiger partial charge in [0.2, 0.25) is 0 Å². The highest BCUT2D eigenvalue weighted by Gasteiger charge is 1.96. The minimum Gasteiger partial charge on any atom is -0.481 e. The number of carboxylic acids is 1. The Morgan fingerprint density at radius 1 is 0.765 bits per heavy atom. The van der Waals surface area contributed by atoms with Crippen LogP contribution in [0.25, 0.3) is 0 Å². The number of hydrogen-bond donors (Lipinski definition) is 1. The monoisotopic (exact) mass is 254 g/mol. The Kier molecular flexibility index (Phi) is 18.7. The Morgan fingerprint density at radius 3 is 1.47 bits per heavy atom. The van der Waals surface area contributed by atoms with E-state index in [1.165, 1.54) is 57.8 Å². The normalized spacial score (nSPS) is 9.94. The lowest BCUT2D eigenvalue weighted by molar-refractivity contribution is -0.137. The summed E-state index contributed by atoms with van der Waals surface area (Å²) in [5.74, 6) is -0.657. The van der Waals surface area contributed by atoms with Gasteiger partial charge in [-0.2, -0.15) is 0 Å². The molecule has 0 heterocycles. The summed E-state index contributed by atoms with van der Waals surface area (Å²) < 4.78 is 0. The number of hydrogen-bond acceptors (Lipinski definition) is 1. The Morgan fingerprint density at radius 2 is 1.12 bits per heavy atom. The number of carboxylic acid groups (broad SMARTS) is 1. The van der Waals surface area contributed by atoms with Gasteiger partial charge in [0.15, 0.2) is 0 Å². The molecule has 0 unspecified atom stereocenters. The van der Waals surface area contributed by atoms with Crippen LogP contribution in [0.2, 0.25) is 0 Å². The van der Waals surface area contributed by atoms with Crippen molar-refractivity contribution in [3.05, 3.63) is 0 Å². The van der Waals surface area contributed by atoms with Gasteiger partial charge in [0.25, 0.3) is 0 Å². The summed E-state index contributed by atoms with van der Waals surface area (Å²) >= 11 is 0. The molecular weight excluding hydrogens is 224 g/mol. The molecule has 0 bridgehead atoms. The van der Waals surface area contributed by atoms with E-state index in [0.29, 0.717) is 6.42 Å². The van der Waals surface area contributed by atoms with Gasteiger partial charge >= 0.3 is 29.0 Å². The van der Waals surface area contributed by atoms with Crippen molar-refractivity contribution in [2.45, 2.75) is 84.0 Å². The molecule has 0 amide bonds. The molecule has 0 saturated heterocycles. The first-order chi connectivity index (χ1) is 7.77. The second-order valence-electron chi connectivity index (χ2n) is 4.68. The molecule has 0 aromatic rings. The molecule has 0 fully saturated rings. The molecule has 0 atom stereocenters. The van der Waals surface area contributed by atoms with Crippen molar-refractivity contribution in [1.82, 2.24) is 0 Å². The summed E-state index contributed by atoms with van der Waals surface area (Å²) in [6.45, 7) is 2.25. The molecule has 0 spiro atoms. The summed E-state index contributed by atoms with van der Waals surface area (Å²) in [6.07, 6.45) is 14.4. The van der Waals surface area contributed by atoms with E-state index in [4.69, 9.17) is 5.11 Å². The minimum atomic E-state index is -0.657. The van der Waals surface area contributed by atoms with E-state index in [1.54, 1.807) is 0 Å². The second kappa shape index (κ2) is 16.2. The Hall–Kier alpha value is 0.236. The van der Waals surface area contributed by atoms with Crippen molar-refractivity contribution >= 4 is 29.0 Å². The first-order valence-corrected chi connectivity index (χ1v) is 6.99. The molecule has 2 nitrogen and oxygen atoms in total. The fraction of sp³-hybridized carbons (Fsp3) is 0.929. The van der Waals surface area contributed by atoms with Crippen molar-refractivity contribution in [2.24, 2.45) is 0 Å². The largest absolute Gasteiger partial charge is 0.481 e. The summed E-state index contributed by atoms with van der Waals surface area (Å²) in [5, 5.41) is 8.46. The standard InChI is InChI=1S/C14H28O2.Mg.2H/c1-2-3-4-5-6-7-8-9-10-11-12-13-14(15)16;;;/h2-13H2,1H3,(H,15,16);;;. The van der Waals surface area contributed by atoms with E-state index in [-0.39, 0.29) is 23.1 Å². The number of aliphatic carboxylic acids is 1. The highest BCUT2D eigenvalue weighted by molar-refractivity contribution is 5.75. The summed E-state index contributed by atoms with van der Waals surface area (Å²) in [5.41, 5.74) is 0. The SMILES string of the molecule is CCCCCCCCCCCCCC(=O)O.[MgH2]. The van der Waals surface area contributed by atoms with Gasteiger partial charge in [0.05, 0.1) is 0 Å². The first-order valence-electron chi connectivity index (χ1n) is 6.99. The van der Waals surface area contributed by atoms with Crippen LogP contribution in [0.3, 0.4) is 0 Å². The molecule has 100 valence electrons. The van der Waals surface area contributed by atoms with Crippen molar-refractivity contribution in [3.63, 3.8) is 0 Å². The molecule has 3 heteroatoms. The molecule has 0 aliphatic heterocycles. The van der Waals surface area contributed by atoms with E-state index < -0.39 is 5.97 Å². The average molecular weight is 255 g/mol. The van der Waals surface area contributed by atoms with E-state index >= 15 is 0 Å². The lowest BCUT2D eigenvalue weighted by Gasteiger charge is -2.01. The number of carbonyl (C=O) groups is 1. The van der Waals surface area contributed by atoms with Gasteiger partial charge in [-0.1, -0.05) is 71.1 Å². The van der Waals surface area contributed by atoms with Crippen LogP contribution in [-0.2, 0) is 4.79 Å². The average Bonchev–Trinajstić information content (AvgIpc) is 2.25. The maximum atomic E-state index is 10.3. The van der Waals surface area contributed by atoms with Crippen molar-refractivity contribution < 1.29 is 9.90 Å². The number of unbranched alkanes of at least 4 members (excludes halogenated alkanes) is 10. The molecule has 0 rings (SSSR count). The van der Waals surface area contributed by atoms with Crippen LogP contribution in [0.4, 0.5) is 0 Å². The predicted molar refractivity (Wildman–Crippen MR) is 77.3 cm³/mol. The molecule has 1 N–H and O–H groups in total. The highest BCUT2D eigenvalue weighted by Crippen LogP contribution is 2.11. The third-order valence-corrected chi connectivity index (χ3v) is 2.99. The highest BCUT2D eigenvalue weighted by atomic mass is 24.3. The fourth-order valence-corrected chi connectivity index (χ4v) is 1.94. The zero-order valence-electron chi connectivity index (χ0n) is 10.8. The molecule has 0 radical (unpaired) electrons. The van der Waals surface area contributed by atoms with Crippen molar-refractivity contribution in [1.29, 1.82) is 0 Å². The van der Waals surface area contributed by atoms with Crippen LogP contribution in [-0.4, -0.2) is 34.1 Å². The topological polar surface area (TPSA) is 37.3 Å². The van der Waals surface area contributed by atoms with Gasteiger partial charge in [-0.3, -0.25) is 4.79 Å². The maximum Gasteiger partial charge on any atom is 0.316 e. The smallest absolute Gasteiger partial charge is 0.316 e. The van der Waals surface area contributed by atoms with Crippen LogP contribution in [0.5, 0.6) is 0 Å². The van der Waals surface area contributed by atoms with Gasteiger partial charge in [-0.15, -0.1) is 0 Å². The second-order valence-corrected chi connectivity index (χ2v) is 4.68. The van der Waals surface area contributed by atoms with Crippen LogP contribution in [0, 0.1) is 0 Å². The first kappa shape index (κ1) is 19.6. The van der Waals surface area contributed by atoms with E-state index in [0.717, 1.165) is 12.8 Å². The third-order valence-electron chi connectivity index (χ3n) is 2.99. The lowest BCUT2D eigenvalue weighted by atomic mass is 10.1. The molecule has 0 aliphatic carbocycles. The molecule has 17 heavy (non-hydrogen) atoms. The Bertz CT molecular complexity index is 160. The number of rotatable bonds is 12. The third kappa shape index (κ3) is 18.8. The van der Waals surface area contributed by atoms with Gasteiger partial charge in [0, 0.05) is 6.42 Å². The van der Waals surface area contributed by atoms with Gasteiger partial charge in [-0.05, 0) is 6.42 Å².